The fourth-order valence-corrected chi connectivity index (χ4v) is 4.29. The van der Waals surface area contributed by atoms with Gasteiger partial charge in [0, 0.05) is 30.2 Å². The Morgan fingerprint density at radius 3 is 2.59 bits per heavy atom. The summed E-state index contributed by atoms with van der Waals surface area (Å²) in [6.07, 6.45) is 6.30. The predicted octanol–water partition coefficient (Wildman–Crippen LogP) is 3.46. The van der Waals surface area contributed by atoms with E-state index in [1.54, 1.807) is 12.3 Å². The van der Waals surface area contributed by atoms with Crippen molar-refractivity contribution in [3.05, 3.63) is 64.8 Å². The van der Waals surface area contributed by atoms with E-state index in [2.05, 4.69) is 53.2 Å². The third kappa shape index (κ3) is 4.23. The molecule has 4 aromatic rings. The number of rotatable bonds is 5. The maximum absolute atomic E-state index is 12.3. The Labute approximate surface area is 195 Å². The van der Waals surface area contributed by atoms with Crippen LogP contribution < -0.4 is 15.8 Å². The monoisotopic (exact) mass is 453 g/mol. The van der Waals surface area contributed by atoms with Gasteiger partial charge in [0.25, 0.3) is 5.56 Å². The van der Waals surface area contributed by atoms with Crippen LogP contribution in [0.25, 0.3) is 27.6 Å². The van der Waals surface area contributed by atoms with Crippen molar-refractivity contribution < 1.29 is 0 Å². The van der Waals surface area contributed by atoms with Gasteiger partial charge in [-0.2, -0.15) is 15.6 Å². The Morgan fingerprint density at radius 1 is 1.06 bits per heavy atom. The summed E-state index contributed by atoms with van der Waals surface area (Å²) in [7, 11) is 0. The molecule has 1 aliphatic rings. The number of aromatic amines is 2. The summed E-state index contributed by atoms with van der Waals surface area (Å²) in [5.74, 6) is 0.218. The lowest BCUT2D eigenvalue weighted by molar-refractivity contribution is 0.726. The molecule has 2 aromatic heterocycles. The van der Waals surface area contributed by atoms with Crippen molar-refractivity contribution in [3.8, 4) is 17.3 Å². The maximum Gasteiger partial charge on any atom is 0.272 e. The molecule has 0 radical (unpaired) electrons. The minimum absolute atomic E-state index is 0.218. The number of benzene rings is 2. The zero-order chi connectivity index (χ0) is 23.3. The predicted molar refractivity (Wildman–Crippen MR) is 130 cm³/mol. The number of H-pyrrole nitrogens is 2. The van der Waals surface area contributed by atoms with Gasteiger partial charge in [0.05, 0.1) is 22.5 Å². The Bertz CT molecular complexity index is 1430. The van der Waals surface area contributed by atoms with Gasteiger partial charge >= 0.3 is 0 Å². The fourth-order valence-electron chi connectivity index (χ4n) is 4.29. The minimum atomic E-state index is -0.222. The van der Waals surface area contributed by atoms with Gasteiger partial charge in [-0.3, -0.25) is 4.79 Å². The summed E-state index contributed by atoms with van der Waals surface area (Å²) in [6, 6.07) is 15.6. The zero-order valence-corrected chi connectivity index (χ0v) is 18.5. The van der Waals surface area contributed by atoms with Crippen LogP contribution in [0.3, 0.4) is 0 Å². The Kier molecular flexibility index (Phi) is 5.99. The molecule has 10 nitrogen and oxygen atoms in total. The van der Waals surface area contributed by atoms with Crippen molar-refractivity contribution in [1.82, 2.24) is 30.8 Å². The lowest BCUT2D eigenvalue weighted by Crippen LogP contribution is -2.24. The molecule has 2 aromatic carbocycles. The summed E-state index contributed by atoms with van der Waals surface area (Å²) in [5.41, 5.74) is 3.44. The van der Waals surface area contributed by atoms with Gasteiger partial charge in [-0.15, -0.1) is 10.2 Å². The van der Waals surface area contributed by atoms with Crippen LogP contribution in [-0.2, 0) is 0 Å². The summed E-state index contributed by atoms with van der Waals surface area (Å²) >= 11 is 0. The minimum Gasteiger partial charge on any atom is -0.370 e. The van der Waals surface area contributed by atoms with Crippen LogP contribution in [0.5, 0.6) is 0 Å². The highest BCUT2D eigenvalue weighted by Crippen LogP contribution is 2.34. The van der Waals surface area contributed by atoms with Gasteiger partial charge in [0.1, 0.15) is 11.6 Å². The molecule has 1 saturated heterocycles. The Balaban J connectivity index is 1.60. The number of hydrogen-bond acceptors (Lipinski definition) is 8. The Hall–Kier alpha value is -4.52. The highest BCUT2D eigenvalue weighted by Gasteiger charge is 2.17. The van der Waals surface area contributed by atoms with E-state index >= 15 is 0 Å². The van der Waals surface area contributed by atoms with E-state index in [4.69, 9.17) is 0 Å². The van der Waals surface area contributed by atoms with E-state index < -0.39 is 0 Å². The molecule has 170 valence electrons. The molecule has 3 heterocycles. The number of nitrogens with one attached hydrogen (secondary N) is 3. The zero-order valence-electron chi connectivity index (χ0n) is 18.5. The van der Waals surface area contributed by atoms with Gasteiger partial charge in [-0.05, 0) is 36.3 Å². The third-order valence-corrected chi connectivity index (χ3v) is 5.99. The first-order valence-corrected chi connectivity index (χ1v) is 11.2. The van der Waals surface area contributed by atoms with Crippen molar-refractivity contribution in [2.45, 2.75) is 25.7 Å². The van der Waals surface area contributed by atoms with Crippen LogP contribution in [0.1, 0.15) is 31.5 Å². The summed E-state index contributed by atoms with van der Waals surface area (Å²) in [6.45, 7) is 1.93. The third-order valence-electron chi connectivity index (χ3n) is 5.99. The molecule has 0 aliphatic carbocycles. The normalized spacial score (nSPS) is 14.6. The number of nitriles is 1. The smallest absolute Gasteiger partial charge is 0.272 e. The molecule has 0 spiro atoms. The second kappa shape index (κ2) is 9.54. The molecule has 3 N–H and O–H groups in total. The van der Waals surface area contributed by atoms with Crippen molar-refractivity contribution in [2.75, 3.05) is 23.3 Å². The maximum atomic E-state index is 12.3. The summed E-state index contributed by atoms with van der Waals surface area (Å²) in [5, 5.41) is 34.9. The lowest BCUT2D eigenvalue weighted by atomic mass is 10.0. The van der Waals surface area contributed by atoms with Crippen LogP contribution in [0.2, 0.25) is 0 Å². The number of anilines is 2. The highest BCUT2D eigenvalue weighted by atomic mass is 16.1. The number of fused-ring (bicyclic) bond motifs is 1. The standard InChI is InChI=1S/C24H23N9O/c25-14-17(23-28-31-32-29-23)15-26-20-13-16(9-10-21(20)33-11-5-1-2-6-12-33)22-18-7-3-4-8-19(18)24(34)30-27-22/h3-4,7-10,13,15,26H,1-2,5-6,11-12H2,(H,30,34)(H,28,29,31,32). The van der Waals surface area contributed by atoms with Gasteiger partial charge < -0.3 is 10.2 Å². The van der Waals surface area contributed by atoms with Crippen LogP contribution in [0.4, 0.5) is 11.4 Å². The van der Waals surface area contributed by atoms with Crippen LogP contribution >= 0.6 is 0 Å². The molecule has 0 saturated carbocycles. The highest BCUT2D eigenvalue weighted by molar-refractivity contribution is 5.95. The lowest BCUT2D eigenvalue weighted by Gasteiger charge is -2.26. The molecule has 10 heteroatoms. The van der Waals surface area contributed by atoms with E-state index in [0.29, 0.717) is 11.1 Å². The second-order valence-electron chi connectivity index (χ2n) is 8.13. The van der Waals surface area contributed by atoms with Gasteiger partial charge in [-0.1, -0.05) is 37.1 Å². The van der Waals surface area contributed by atoms with E-state index in [1.807, 2.05) is 30.3 Å². The molecule has 34 heavy (non-hydrogen) atoms. The second-order valence-corrected chi connectivity index (χ2v) is 8.13. The molecular weight excluding hydrogens is 430 g/mol. The number of aromatic nitrogens is 6. The SMILES string of the molecule is N#CC(=CNc1cc(-c2n[nH]c(=O)c3ccccc23)ccc1N1CCCCCC1)c1nn[nH]n1. The van der Waals surface area contributed by atoms with Crippen LogP contribution in [-0.4, -0.2) is 43.9 Å². The summed E-state index contributed by atoms with van der Waals surface area (Å²) in [4.78, 5) is 14.6. The summed E-state index contributed by atoms with van der Waals surface area (Å²) < 4.78 is 0. The van der Waals surface area contributed by atoms with Crippen molar-refractivity contribution in [3.63, 3.8) is 0 Å². The molecule has 0 atom stereocenters. The molecule has 0 unspecified atom stereocenters. The number of allylic oxidation sites excluding steroid dienone is 1. The first-order chi connectivity index (χ1) is 16.7. The van der Waals surface area contributed by atoms with Gasteiger partial charge in [-0.25, -0.2) is 5.10 Å². The van der Waals surface area contributed by atoms with E-state index in [-0.39, 0.29) is 17.0 Å². The Morgan fingerprint density at radius 2 is 1.85 bits per heavy atom. The molecular formula is C24H23N9O. The molecule has 1 aliphatic heterocycles. The number of tetrazole rings is 1. The first kappa shape index (κ1) is 21.3. The van der Waals surface area contributed by atoms with Crippen molar-refractivity contribution in [2.24, 2.45) is 0 Å². The van der Waals surface area contributed by atoms with Gasteiger partial charge in [0.15, 0.2) is 0 Å². The van der Waals surface area contributed by atoms with Crippen LogP contribution in [0.15, 0.2) is 53.5 Å². The van der Waals surface area contributed by atoms with E-state index in [1.165, 1.54) is 12.8 Å². The number of hydrogen-bond donors (Lipinski definition) is 3. The first-order valence-electron chi connectivity index (χ1n) is 11.2. The quantitative estimate of drug-likeness (QED) is 0.390. The average Bonchev–Trinajstić information content (AvgIpc) is 3.27. The van der Waals surface area contributed by atoms with Crippen molar-refractivity contribution in [1.29, 1.82) is 5.26 Å². The van der Waals surface area contributed by atoms with Crippen LogP contribution in [0, 0.1) is 11.3 Å². The van der Waals surface area contributed by atoms with E-state index in [0.717, 1.165) is 48.3 Å². The fraction of sp³-hybridized carbons (Fsp3) is 0.250. The van der Waals surface area contributed by atoms with Gasteiger partial charge in [0.2, 0.25) is 5.82 Å². The van der Waals surface area contributed by atoms with E-state index in [9.17, 15) is 10.1 Å². The molecule has 5 rings (SSSR count). The topological polar surface area (TPSA) is 139 Å². The number of nitrogens with zero attached hydrogens (tertiary/aromatic N) is 6. The molecule has 1 fully saturated rings. The van der Waals surface area contributed by atoms with Crippen molar-refractivity contribution >= 4 is 27.7 Å². The largest absolute Gasteiger partial charge is 0.370 e. The average molecular weight is 454 g/mol. The molecule has 0 amide bonds. The molecule has 0 bridgehead atoms.